The van der Waals surface area contributed by atoms with Gasteiger partial charge in [-0.2, -0.15) is 0 Å². The Labute approximate surface area is 99.9 Å². The van der Waals surface area contributed by atoms with Crippen molar-refractivity contribution in [2.45, 2.75) is 65.3 Å². The summed E-state index contributed by atoms with van der Waals surface area (Å²) in [5.41, 5.74) is 0. The monoisotopic (exact) mass is 229 g/mol. The van der Waals surface area contributed by atoms with Crippen molar-refractivity contribution in [1.29, 1.82) is 0 Å². The number of hydrogen-bond acceptors (Lipinski definition) is 2. The summed E-state index contributed by atoms with van der Waals surface area (Å²) in [7, 11) is 1.42. The molecule has 0 fully saturated rings. The summed E-state index contributed by atoms with van der Waals surface area (Å²) >= 11 is 0. The fraction of sp³-hybridized carbons (Fsp3) is 0.923. The molecule has 0 aromatic heterocycles. The molecule has 0 aliphatic heterocycles. The molecule has 0 radical (unpaired) electrons. The van der Waals surface area contributed by atoms with Gasteiger partial charge < -0.3 is 10.1 Å². The van der Waals surface area contributed by atoms with Crippen molar-refractivity contribution in [2.75, 3.05) is 7.11 Å². The number of carbonyl (C=O) groups excluding carboxylic acids is 1. The molecule has 2 unspecified atom stereocenters. The molecular formula is C13H27NO2. The van der Waals surface area contributed by atoms with Crippen molar-refractivity contribution in [2.24, 2.45) is 5.92 Å². The summed E-state index contributed by atoms with van der Waals surface area (Å²) in [6.45, 7) is 6.54. The van der Waals surface area contributed by atoms with Gasteiger partial charge >= 0.3 is 6.09 Å². The zero-order valence-corrected chi connectivity index (χ0v) is 11.2. The summed E-state index contributed by atoms with van der Waals surface area (Å²) in [6.07, 6.45) is 6.82. The summed E-state index contributed by atoms with van der Waals surface area (Å²) in [6, 6.07) is 0.259. The molecule has 0 spiro atoms. The van der Waals surface area contributed by atoms with E-state index in [0.717, 1.165) is 12.8 Å². The van der Waals surface area contributed by atoms with Crippen molar-refractivity contribution in [3.8, 4) is 0 Å². The molecule has 1 amide bonds. The van der Waals surface area contributed by atoms with Crippen LogP contribution < -0.4 is 5.32 Å². The van der Waals surface area contributed by atoms with Crippen LogP contribution in [0.15, 0.2) is 0 Å². The molecule has 0 bridgehead atoms. The largest absolute Gasteiger partial charge is 0.453 e. The molecule has 0 saturated carbocycles. The Kier molecular flexibility index (Phi) is 9.06. The van der Waals surface area contributed by atoms with Crippen LogP contribution in [0.1, 0.15) is 59.3 Å². The van der Waals surface area contributed by atoms with E-state index in [2.05, 4.69) is 30.8 Å². The third-order valence-electron chi connectivity index (χ3n) is 3.19. The minimum atomic E-state index is -0.305. The van der Waals surface area contributed by atoms with Crippen molar-refractivity contribution in [1.82, 2.24) is 5.32 Å². The maximum Gasteiger partial charge on any atom is 0.407 e. The number of hydrogen-bond donors (Lipinski definition) is 1. The van der Waals surface area contributed by atoms with Gasteiger partial charge in [0.05, 0.1) is 7.11 Å². The van der Waals surface area contributed by atoms with E-state index in [1.54, 1.807) is 0 Å². The Morgan fingerprint density at radius 1 is 1.25 bits per heavy atom. The zero-order valence-electron chi connectivity index (χ0n) is 11.2. The van der Waals surface area contributed by atoms with Crippen LogP contribution in [0.2, 0.25) is 0 Å². The van der Waals surface area contributed by atoms with Gasteiger partial charge in [0.2, 0.25) is 0 Å². The molecule has 3 nitrogen and oxygen atoms in total. The van der Waals surface area contributed by atoms with Gasteiger partial charge in [-0.15, -0.1) is 0 Å². The maximum atomic E-state index is 11.2. The number of nitrogens with one attached hydrogen (secondary N) is 1. The molecule has 3 heteroatoms. The molecule has 0 aromatic carbocycles. The van der Waals surface area contributed by atoms with Crippen molar-refractivity contribution in [3.63, 3.8) is 0 Å². The van der Waals surface area contributed by atoms with Crippen LogP contribution in [0.25, 0.3) is 0 Å². The normalized spacial score (nSPS) is 14.2. The fourth-order valence-corrected chi connectivity index (χ4v) is 1.78. The Morgan fingerprint density at radius 2 is 1.94 bits per heavy atom. The lowest BCUT2D eigenvalue weighted by Crippen LogP contribution is -2.39. The first-order valence-electron chi connectivity index (χ1n) is 6.50. The van der Waals surface area contributed by atoms with Crippen molar-refractivity contribution < 1.29 is 9.53 Å². The number of ether oxygens (including phenoxy) is 1. The van der Waals surface area contributed by atoms with E-state index in [1.807, 2.05) is 0 Å². The molecular weight excluding hydrogens is 202 g/mol. The van der Waals surface area contributed by atoms with E-state index in [0.29, 0.717) is 5.92 Å². The van der Waals surface area contributed by atoms with Crippen LogP contribution in [0.5, 0.6) is 0 Å². The summed E-state index contributed by atoms with van der Waals surface area (Å²) in [5, 5.41) is 2.93. The number of unbranched alkanes of at least 4 members (excludes halogenated alkanes) is 3. The first kappa shape index (κ1) is 15.3. The van der Waals surface area contributed by atoms with E-state index in [-0.39, 0.29) is 12.1 Å². The molecule has 0 heterocycles. The van der Waals surface area contributed by atoms with E-state index in [4.69, 9.17) is 0 Å². The molecule has 96 valence electrons. The van der Waals surface area contributed by atoms with Gasteiger partial charge in [0, 0.05) is 6.04 Å². The second-order valence-corrected chi connectivity index (χ2v) is 4.48. The average molecular weight is 229 g/mol. The zero-order chi connectivity index (χ0) is 12.4. The fourth-order valence-electron chi connectivity index (χ4n) is 1.78. The molecule has 2 atom stereocenters. The Morgan fingerprint density at radius 3 is 2.44 bits per heavy atom. The minimum absolute atomic E-state index is 0.259. The second kappa shape index (κ2) is 9.49. The third kappa shape index (κ3) is 6.70. The van der Waals surface area contributed by atoms with Crippen LogP contribution in [0.4, 0.5) is 4.79 Å². The predicted molar refractivity (Wildman–Crippen MR) is 67.5 cm³/mol. The Balaban J connectivity index is 3.95. The highest BCUT2D eigenvalue weighted by Crippen LogP contribution is 2.15. The van der Waals surface area contributed by atoms with E-state index in [9.17, 15) is 4.79 Å². The van der Waals surface area contributed by atoms with E-state index >= 15 is 0 Å². The van der Waals surface area contributed by atoms with Gasteiger partial charge in [-0.1, -0.05) is 52.9 Å². The van der Waals surface area contributed by atoms with Crippen LogP contribution in [0, 0.1) is 5.92 Å². The summed E-state index contributed by atoms with van der Waals surface area (Å²) in [4.78, 5) is 11.2. The number of amides is 1. The van der Waals surface area contributed by atoms with Gasteiger partial charge in [0.15, 0.2) is 0 Å². The van der Waals surface area contributed by atoms with E-state index < -0.39 is 0 Å². The highest BCUT2D eigenvalue weighted by molar-refractivity contribution is 5.67. The van der Waals surface area contributed by atoms with Gasteiger partial charge in [0.25, 0.3) is 0 Å². The van der Waals surface area contributed by atoms with Gasteiger partial charge in [-0.05, 0) is 12.3 Å². The Bertz CT molecular complexity index is 183. The first-order valence-corrected chi connectivity index (χ1v) is 6.50. The van der Waals surface area contributed by atoms with Crippen molar-refractivity contribution >= 4 is 6.09 Å². The molecule has 16 heavy (non-hydrogen) atoms. The van der Waals surface area contributed by atoms with Crippen LogP contribution in [-0.2, 0) is 4.74 Å². The lowest BCUT2D eigenvalue weighted by Gasteiger charge is -2.23. The van der Waals surface area contributed by atoms with Crippen LogP contribution >= 0.6 is 0 Å². The van der Waals surface area contributed by atoms with Gasteiger partial charge in [0.1, 0.15) is 0 Å². The predicted octanol–water partition coefficient (Wildman–Crippen LogP) is 3.73. The van der Waals surface area contributed by atoms with Gasteiger partial charge in [-0.25, -0.2) is 4.79 Å². The summed E-state index contributed by atoms with van der Waals surface area (Å²) < 4.78 is 4.65. The van der Waals surface area contributed by atoms with Crippen LogP contribution in [0.3, 0.4) is 0 Å². The number of carbonyl (C=O) groups is 1. The number of alkyl carbamates (subject to hydrolysis) is 1. The highest BCUT2D eigenvalue weighted by atomic mass is 16.5. The third-order valence-corrected chi connectivity index (χ3v) is 3.19. The lowest BCUT2D eigenvalue weighted by molar-refractivity contribution is 0.160. The number of methoxy groups -OCH3 is 1. The topological polar surface area (TPSA) is 38.3 Å². The molecule has 1 N–H and O–H groups in total. The van der Waals surface area contributed by atoms with Gasteiger partial charge in [-0.3, -0.25) is 0 Å². The van der Waals surface area contributed by atoms with E-state index in [1.165, 1.54) is 32.8 Å². The average Bonchev–Trinajstić information content (AvgIpc) is 2.31. The second-order valence-electron chi connectivity index (χ2n) is 4.48. The smallest absolute Gasteiger partial charge is 0.407 e. The number of rotatable bonds is 8. The molecule has 0 aliphatic rings. The highest BCUT2D eigenvalue weighted by Gasteiger charge is 2.17. The maximum absolute atomic E-state index is 11.2. The Hall–Kier alpha value is -0.730. The first-order chi connectivity index (χ1) is 7.65. The molecule has 0 rings (SSSR count). The minimum Gasteiger partial charge on any atom is -0.453 e. The lowest BCUT2D eigenvalue weighted by atomic mass is 9.94. The summed E-state index contributed by atoms with van der Waals surface area (Å²) in [5.74, 6) is 0.515. The molecule has 0 aliphatic carbocycles. The molecule has 0 aromatic rings. The quantitative estimate of drug-likeness (QED) is 0.644. The van der Waals surface area contributed by atoms with Crippen LogP contribution in [-0.4, -0.2) is 19.2 Å². The van der Waals surface area contributed by atoms with Crippen molar-refractivity contribution in [3.05, 3.63) is 0 Å². The SMILES string of the molecule is CCCCCCC(NC(=O)OC)C(C)CC. The molecule has 0 saturated heterocycles. The standard InChI is InChI=1S/C13H27NO2/c1-5-7-8-9-10-12(11(3)6-2)14-13(15)16-4/h11-12H,5-10H2,1-4H3,(H,14,15).